The number of nitrogens with zero attached hydrogens (tertiary/aromatic N) is 4. The number of dihydropyridines is 1. The van der Waals surface area contributed by atoms with Crippen LogP contribution in [0.2, 0.25) is 0 Å². The van der Waals surface area contributed by atoms with Gasteiger partial charge in [0.1, 0.15) is 5.69 Å². The Bertz CT molecular complexity index is 754. The highest BCUT2D eigenvalue weighted by molar-refractivity contribution is 5.81. The summed E-state index contributed by atoms with van der Waals surface area (Å²) in [6.45, 7) is 0.546. The van der Waals surface area contributed by atoms with E-state index in [1.54, 1.807) is 6.21 Å². The zero-order valence-corrected chi connectivity index (χ0v) is 11.8. The van der Waals surface area contributed by atoms with Crippen molar-refractivity contribution in [3.63, 3.8) is 0 Å². The third-order valence-corrected chi connectivity index (χ3v) is 3.12. The zero-order chi connectivity index (χ0) is 16.3. The Kier molecular flexibility index (Phi) is 4.05. The van der Waals surface area contributed by atoms with Gasteiger partial charge >= 0.3 is 6.18 Å². The van der Waals surface area contributed by atoms with E-state index in [2.05, 4.69) is 19.9 Å². The highest BCUT2D eigenvalue weighted by Crippen LogP contribution is 2.31. The number of alkyl halides is 3. The number of ether oxygens (including phenoxy) is 1. The molecule has 8 heteroatoms. The van der Waals surface area contributed by atoms with Crippen molar-refractivity contribution in [2.24, 2.45) is 4.99 Å². The van der Waals surface area contributed by atoms with Crippen molar-refractivity contribution >= 4 is 11.8 Å². The van der Waals surface area contributed by atoms with E-state index in [9.17, 15) is 13.2 Å². The third kappa shape index (κ3) is 3.53. The number of hydrogen-bond acceptors (Lipinski definition) is 5. The zero-order valence-electron chi connectivity index (χ0n) is 11.8. The maximum absolute atomic E-state index is 12.5. The van der Waals surface area contributed by atoms with Crippen LogP contribution in [0.1, 0.15) is 17.7 Å². The van der Waals surface area contributed by atoms with Crippen LogP contribution >= 0.6 is 0 Å². The van der Waals surface area contributed by atoms with Gasteiger partial charge in [-0.3, -0.25) is 4.99 Å². The molecule has 0 saturated heterocycles. The maximum atomic E-state index is 12.5. The van der Waals surface area contributed by atoms with Gasteiger partial charge in [0.2, 0.25) is 11.8 Å². The summed E-state index contributed by atoms with van der Waals surface area (Å²) >= 11 is 0. The van der Waals surface area contributed by atoms with Gasteiger partial charge in [-0.25, -0.2) is 15.0 Å². The first-order valence-corrected chi connectivity index (χ1v) is 6.74. The summed E-state index contributed by atoms with van der Waals surface area (Å²) < 4.78 is 43.1. The number of allylic oxidation sites excluding steroid dienone is 1. The predicted molar refractivity (Wildman–Crippen MR) is 77.3 cm³/mol. The molecule has 0 radical (unpaired) electrons. The SMILES string of the molecule is FC(F)(F)c1ccc(Oc2nccnc2C2=CCN=CC2)nc1. The van der Waals surface area contributed by atoms with Gasteiger partial charge in [-0.05, 0) is 11.6 Å². The number of hydrogen-bond donors (Lipinski definition) is 0. The summed E-state index contributed by atoms with van der Waals surface area (Å²) in [6.07, 6.45) is 3.51. The molecule has 0 fully saturated rings. The highest BCUT2D eigenvalue weighted by Gasteiger charge is 2.30. The van der Waals surface area contributed by atoms with Gasteiger partial charge in [-0.1, -0.05) is 6.08 Å². The molecule has 0 aromatic carbocycles. The molecule has 0 unspecified atom stereocenters. The lowest BCUT2D eigenvalue weighted by atomic mass is 10.1. The number of pyridine rings is 1. The fourth-order valence-electron chi connectivity index (χ4n) is 2.00. The molecule has 0 spiro atoms. The van der Waals surface area contributed by atoms with Gasteiger partial charge in [0.25, 0.3) is 0 Å². The first kappa shape index (κ1) is 15.1. The van der Waals surface area contributed by atoms with Crippen LogP contribution in [0.4, 0.5) is 13.2 Å². The Hall–Kier alpha value is -2.77. The Morgan fingerprint density at radius 1 is 1.04 bits per heavy atom. The molecule has 3 rings (SSSR count). The van der Waals surface area contributed by atoms with E-state index < -0.39 is 11.7 Å². The molecule has 0 saturated carbocycles. The lowest BCUT2D eigenvalue weighted by Crippen LogP contribution is -2.06. The maximum Gasteiger partial charge on any atom is 0.417 e. The minimum absolute atomic E-state index is 0.0184. The average Bonchev–Trinajstić information content (AvgIpc) is 2.56. The quantitative estimate of drug-likeness (QED) is 0.868. The Balaban J connectivity index is 1.85. The normalized spacial score (nSPS) is 14.5. The van der Waals surface area contributed by atoms with Crippen LogP contribution in [0.3, 0.4) is 0 Å². The number of aromatic nitrogens is 3. The van der Waals surface area contributed by atoms with E-state index in [-0.39, 0.29) is 11.8 Å². The van der Waals surface area contributed by atoms with Crippen molar-refractivity contribution < 1.29 is 17.9 Å². The third-order valence-electron chi connectivity index (χ3n) is 3.12. The molecule has 2 aromatic heterocycles. The summed E-state index contributed by atoms with van der Waals surface area (Å²) in [5, 5.41) is 0. The second-order valence-corrected chi connectivity index (χ2v) is 4.68. The van der Waals surface area contributed by atoms with Crippen molar-refractivity contribution in [2.75, 3.05) is 6.54 Å². The van der Waals surface area contributed by atoms with Crippen LogP contribution in [-0.2, 0) is 6.18 Å². The first-order chi connectivity index (χ1) is 11.0. The molecule has 2 aromatic rings. The molecule has 0 amide bonds. The Labute approximate surface area is 129 Å². The smallest absolute Gasteiger partial charge is 0.417 e. The Morgan fingerprint density at radius 3 is 2.52 bits per heavy atom. The molecule has 3 heterocycles. The molecule has 1 aliphatic heterocycles. The summed E-state index contributed by atoms with van der Waals surface area (Å²) in [4.78, 5) is 16.1. The van der Waals surface area contributed by atoms with Crippen LogP contribution < -0.4 is 4.74 Å². The van der Waals surface area contributed by atoms with Gasteiger partial charge in [-0.15, -0.1) is 0 Å². The summed E-state index contributed by atoms with van der Waals surface area (Å²) in [5.74, 6) is 0.214. The summed E-state index contributed by atoms with van der Waals surface area (Å²) in [5.41, 5.74) is 0.589. The van der Waals surface area contributed by atoms with E-state index in [0.29, 0.717) is 18.7 Å². The minimum atomic E-state index is -4.44. The van der Waals surface area contributed by atoms with Gasteiger partial charge in [0.05, 0.1) is 12.1 Å². The van der Waals surface area contributed by atoms with Crippen molar-refractivity contribution in [2.45, 2.75) is 12.6 Å². The summed E-state index contributed by atoms with van der Waals surface area (Å²) in [6, 6.07) is 2.06. The standard InChI is InChI=1S/C15H11F3N4O/c16-15(17,18)11-1-2-12(22-9-11)23-14-13(20-7-8-21-14)10-3-5-19-6-4-10/h1-3,6-9H,4-5H2. The molecule has 118 valence electrons. The van der Waals surface area contributed by atoms with Crippen LogP contribution in [0.15, 0.2) is 41.8 Å². The van der Waals surface area contributed by atoms with Crippen molar-refractivity contribution in [1.29, 1.82) is 0 Å². The molecule has 0 aliphatic carbocycles. The average molecular weight is 320 g/mol. The fourth-order valence-corrected chi connectivity index (χ4v) is 2.00. The molecule has 1 aliphatic rings. The fraction of sp³-hybridized carbons (Fsp3) is 0.200. The van der Waals surface area contributed by atoms with E-state index in [1.807, 2.05) is 6.08 Å². The van der Waals surface area contributed by atoms with Crippen molar-refractivity contribution in [1.82, 2.24) is 15.0 Å². The second kappa shape index (κ2) is 6.15. The minimum Gasteiger partial charge on any atom is -0.418 e. The van der Waals surface area contributed by atoms with E-state index in [0.717, 1.165) is 23.9 Å². The molecular formula is C15H11F3N4O. The van der Waals surface area contributed by atoms with E-state index >= 15 is 0 Å². The molecule has 0 N–H and O–H groups in total. The van der Waals surface area contributed by atoms with E-state index in [1.165, 1.54) is 12.4 Å². The first-order valence-electron chi connectivity index (χ1n) is 6.74. The Morgan fingerprint density at radius 2 is 1.87 bits per heavy atom. The number of aliphatic imine (C=N–C) groups is 1. The van der Waals surface area contributed by atoms with Crippen LogP contribution in [0.5, 0.6) is 11.8 Å². The summed E-state index contributed by atoms with van der Waals surface area (Å²) in [7, 11) is 0. The molecular weight excluding hydrogens is 309 g/mol. The van der Waals surface area contributed by atoms with Gasteiger partial charge in [0.15, 0.2) is 0 Å². The lowest BCUT2D eigenvalue weighted by Gasteiger charge is -2.12. The molecule has 5 nitrogen and oxygen atoms in total. The second-order valence-electron chi connectivity index (χ2n) is 4.68. The van der Waals surface area contributed by atoms with Crippen LogP contribution in [0, 0.1) is 0 Å². The van der Waals surface area contributed by atoms with Gasteiger partial charge in [0, 0.05) is 37.3 Å². The highest BCUT2D eigenvalue weighted by atomic mass is 19.4. The van der Waals surface area contributed by atoms with Crippen LogP contribution in [0.25, 0.3) is 5.57 Å². The predicted octanol–water partition coefficient (Wildman–Crippen LogP) is 3.54. The molecule has 0 atom stereocenters. The van der Waals surface area contributed by atoms with Crippen LogP contribution in [-0.4, -0.2) is 27.7 Å². The lowest BCUT2D eigenvalue weighted by molar-refractivity contribution is -0.137. The van der Waals surface area contributed by atoms with Crippen molar-refractivity contribution in [3.05, 3.63) is 48.1 Å². The molecule has 0 bridgehead atoms. The van der Waals surface area contributed by atoms with E-state index in [4.69, 9.17) is 4.74 Å². The monoisotopic (exact) mass is 320 g/mol. The van der Waals surface area contributed by atoms with Gasteiger partial charge < -0.3 is 4.74 Å². The van der Waals surface area contributed by atoms with Crippen molar-refractivity contribution in [3.8, 4) is 11.8 Å². The number of halogens is 3. The topological polar surface area (TPSA) is 60.3 Å². The number of rotatable bonds is 3. The largest absolute Gasteiger partial charge is 0.418 e. The molecule has 23 heavy (non-hydrogen) atoms. The van der Waals surface area contributed by atoms with Gasteiger partial charge in [-0.2, -0.15) is 13.2 Å².